The maximum Gasteiger partial charge on any atom is 0.409 e. The quantitative estimate of drug-likeness (QED) is 0.358. The first-order chi connectivity index (χ1) is 14.0. The van der Waals surface area contributed by atoms with Crippen molar-refractivity contribution in [1.82, 2.24) is 14.9 Å². The number of aromatic nitrogens is 2. The molecule has 1 saturated heterocycles. The summed E-state index contributed by atoms with van der Waals surface area (Å²) in [5, 5.41) is 5.81. The summed E-state index contributed by atoms with van der Waals surface area (Å²) in [6, 6.07) is 5.90. The maximum atomic E-state index is 12.5. The van der Waals surface area contributed by atoms with Crippen molar-refractivity contribution >= 4 is 72.1 Å². The molecule has 2 aromatic heterocycles. The summed E-state index contributed by atoms with van der Waals surface area (Å²) >= 11 is 5.69. The zero-order chi connectivity index (χ0) is 20.5. The van der Waals surface area contributed by atoms with Crippen LogP contribution in [0.25, 0.3) is 21.7 Å². The molecule has 0 spiro atoms. The van der Waals surface area contributed by atoms with Gasteiger partial charge in [-0.25, -0.2) is 9.78 Å². The molecule has 4 rings (SSSR count). The van der Waals surface area contributed by atoms with Crippen molar-refractivity contribution in [3.63, 3.8) is 0 Å². The smallest absolute Gasteiger partial charge is 0.409 e. The second-order valence-electron chi connectivity index (χ2n) is 6.97. The van der Waals surface area contributed by atoms with E-state index in [9.17, 15) is 9.59 Å². The van der Waals surface area contributed by atoms with Gasteiger partial charge >= 0.3 is 6.09 Å². The molecule has 9 heteroatoms. The Morgan fingerprint density at radius 1 is 1.45 bits per heavy atom. The highest BCUT2D eigenvalue weighted by Gasteiger charge is 2.25. The van der Waals surface area contributed by atoms with Crippen LogP contribution in [0.3, 0.4) is 0 Å². The first-order valence-corrected chi connectivity index (χ1v) is 11.3. The number of hydrogen-bond acceptors (Lipinski definition) is 5. The number of benzene rings is 1. The predicted molar refractivity (Wildman–Crippen MR) is 126 cm³/mol. The third-order valence-corrected chi connectivity index (χ3v) is 6.35. The lowest BCUT2D eigenvalue weighted by Gasteiger charge is -2.33. The van der Waals surface area contributed by atoms with Crippen molar-refractivity contribution in [3.8, 4) is 0 Å². The van der Waals surface area contributed by atoms with E-state index in [1.54, 1.807) is 11.1 Å². The summed E-state index contributed by atoms with van der Waals surface area (Å²) in [6.07, 6.45) is 3.22. The second-order valence-corrected chi connectivity index (χ2v) is 9.05. The van der Waals surface area contributed by atoms with Crippen LogP contribution in [-0.4, -0.2) is 46.7 Å². The standard InChI is InChI=1S/C20H20BrIN4O3/c1-2-29-20(28)26-7-3-4-12(10-26)24-18-13-6-5-11(21)8-14(13)16-17(25-18)15(22)9-23-19(16)27/h5-6,8-9,12H,2-4,7,10H2,1H3,(H,23,27)(H,24,25)/t12-/m0/s1. The number of nitrogens with zero attached hydrogens (tertiary/aromatic N) is 2. The lowest BCUT2D eigenvalue weighted by Crippen LogP contribution is -2.45. The minimum Gasteiger partial charge on any atom is -0.450 e. The molecule has 29 heavy (non-hydrogen) atoms. The summed E-state index contributed by atoms with van der Waals surface area (Å²) in [5.74, 6) is 0.722. The Hall–Kier alpha value is -1.88. The number of hydrogen-bond donors (Lipinski definition) is 2. The van der Waals surface area contributed by atoms with Crippen LogP contribution in [0.2, 0.25) is 0 Å². The highest BCUT2D eigenvalue weighted by Crippen LogP contribution is 2.32. The number of amides is 1. The van der Waals surface area contributed by atoms with Crippen molar-refractivity contribution in [2.45, 2.75) is 25.8 Å². The summed E-state index contributed by atoms with van der Waals surface area (Å²) < 4.78 is 6.92. The van der Waals surface area contributed by atoms with E-state index in [4.69, 9.17) is 9.72 Å². The van der Waals surface area contributed by atoms with Crippen LogP contribution in [0, 0.1) is 3.57 Å². The van der Waals surface area contributed by atoms with Crippen LogP contribution >= 0.6 is 38.5 Å². The largest absolute Gasteiger partial charge is 0.450 e. The molecule has 152 valence electrons. The van der Waals surface area contributed by atoms with Crippen LogP contribution in [-0.2, 0) is 4.74 Å². The summed E-state index contributed by atoms with van der Waals surface area (Å²) in [7, 11) is 0. The minimum absolute atomic E-state index is 0.0598. The number of piperidine rings is 1. The highest BCUT2D eigenvalue weighted by atomic mass is 127. The molecule has 7 nitrogen and oxygen atoms in total. The lowest BCUT2D eigenvalue weighted by molar-refractivity contribution is 0.0975. The van der Waals surface area contributed by atoms with Gasteiger partial charge in [0, 0.05) is 40.6 Å². The van der Waals surface area contributed by atoms with Gasteiger partial charge in [-0.05, 0) is 60.6 Å². The molecule has 2 N–H and O–H groups in total. The molecular formula is C20H20BrIN4O3. The van der Waals surface area contributed by atoms with E-state index < -0.39 is 0 Å². The molecular weight excluding hydrogens is 551 g/mol. The van der Waals surface area contributed by atoms with E-state index in [0.717, 1.165) is 37.5 Å². The fourth-order valence-electron chi connectivity index (χ4n) is 3.74. The lowest BCUT2D eigenvalue weighted by atomic mass is 10.0. The number of aromatic amines is 1. The van der Waals surface area contributed by atoms with Gasteiger partial charge in [0.15, 0.2) is 0 Å². The van der Waals surface area contributed by atoms with Gasteiger partial charge in [-0.1, -0.05) is 15.9 Å². The Morgan fingerprint density at radius 3 is 3.07 bits per heavy atom. The molecule has 3 heterocycles. The molecule has 1 aromatic carbocycles. The molecule has 0 unspecified atom stereocenters. The van der Waals surface area contributed by atoms with Crippen LogP contribution in [0.15, 0.2) is 33.7 Å². The number of pyridine rings is 2. The fraction of sp³-hybridized carbons (Fsp3) is 0.350. The summed E-state index contributed by atoms with van der Waals surface area (Å²) in [4.78, 5) is 34.0. The SMILES string of the molecule is CCOC(=O)N1CCC[C@H](Nc2nc3c(I)c[nH]c(=O)c3c3cc(Br)ccc23)C1. The van der Waals surface area contributed by atoms with Crippen LogP contribution in [0.4, 0.5) is 10.6 Å². The van der Waals surface area contributed by atoms with Gasteiger partial charge in [-0.3, -0.25) is 4.79 Å². The summed E-state index contributed by atoms with van der Waals surface area (Å²) in [5.41, 5.74) is 0.509. The molecule has 0 aliphatic carbocycles. The maximum absolute atomic E-state index is 12.5. The second kappa shape index (κ2) is 8.47. The number of halogens is 2. The number of carbonyl (C=O) groups is 1. The van der Waals surface area contributed by atoms with Gasteiger partial charge in [0.25, 0.3) is 5.56 Å². The number of nitrogens with one attached hydrogen (secondary N) is 2. The van der Waals surface area contributed by atoms with E-state index in [2.05, 4.69) is 48.8 Å². The van der Waals surface area contributed by atoms with Gasteiger partial charge in [0.2, 0.25) is 0 Å². The minimum atomic E-state index is -0.277. The molecule has 0 saturated carbocycles. The van der Waals surface area contributed by atoms with Crippen molar-refractivity contribution < 1.29 is 9.53 Å². The van der Waals surface area contributed by atoms with Gasteiger partial charge in [-0.2, -0.15) is 0 Å². The van der Waals surface area contributed by atoms with Gasteiger partial charge in [-0.15, -0.1) is 0 Å². The van der Waals surface area contributed by atoms with Crippen molar-refractivity contribution in [2.75, 3.05) is 25.0 Å². The Balaban J connectivity index is 1.76. The molecule has 0 bridgehead atoms. The van der Waals surface area contributed by atoms with Crippen LogP contribution in [0.1, 0.15) is 19.8 Å². The first kappa shape index (κ1) is 20.4. The van der Waals surface area contributed by atoms with Crippen LogP contribution in [0.5, 0.6) is 0 Å². The summed E-state index contributed by atoms with van der Waals surface area (Å²) in [6.45, 7) is 3.43. The van der Waals surface area contributed by atoms with Gasteiger partial charge in [0.05, 0.1) is 21.1 Å². The Kier molecular flexibility index (Phi) is 5.95. The number of H-pyrrole nitrogens is 1. The Bertz CT molecular complexity index is 1150. The molecule has 3 aromatic rings. The third kappa shape index (κ3) is 4.07. The highest BCUT2D eigenvalue weighted by molar-refractivity contribution is 14.1. The topological polar surface area (TPSA) is 87.3 Å². The molecule has 1 atom stereocenters. The van der Waals surface area contributed by atoms with Gasteiger partial charge in [0.1, 0.15) is 5.82 Å². The molecule has 0 radical (unpaired) electrons. The number of rotatable bonds is 3. The Labute approximate surface area is 189 Å². The van der Waals surface area contributed by atoms with E-state index in [0.29, 0.717) is 30.6 Å². The number of likely N-dealkylation sites (tertiary alicyclic amines) is 1. The number of ether oxygens (including phenoxy) is 1. The average Bonchev–Trinajstić information content (AvgIpc) is 2.71. The Morgan fingerprint density at radius 2 is 2.28 bits per heavy atom. The first-order valence-electron chi connectivity index (χ1n) is 9.46. The number of carbonyl (C=O) groups excluding carboxylic acids is 1. The van der Waals surface area contributed by atoms with Gasteiger partial charge < -0.3 is 19.9 Å². The third-order valence-electron chi connectivity index (χ3n) is 5.04. The molecule has 1 aliphatic rings. The van der Waals surface area contributed by atoms with E-state index in [1.165, 1.54) is 0 Å². The average molecular weight is 571 g/mol. The van der Waals surface area contributed by atoms with E-state index >= 15 is 0 Å². The van der Waals surface area contributed by atoms with E-state index in [1.807, 2.05) is 25.1 Å². The predicted octanol–water partition coefficient (Wildman–Crippen LogP) is 4.48. The zero-order valence-electron chi connectivity index (χ0n) is 15.8. The van der Waals surface area contributed by atoms with Crippen molar-refractivity contribution in [2.24, 2.45) is 0 Å². The number of fused-ring (bicyclic) bond motifs is 3. The fourth-order valence-corrected chi connectivity index (χ4v) is 4.64. The molecule has 1 aliphatic heterocycles. The molecule has 1 amide bonds. The number of anilines is 1. The monoisotopic (exact) mass is 570 g/mol. The van der Waals surface area contributed by atoms with Crippen molar-refractivity contribution in [1.29, 1.82) is 0 Å². The zero-order valence-corrected chi connectivity index (χ0v) is 19.5. The molecule has 1 fully saturated rings. The van der Waals surface area contributed by atoms with Crippen molar-refractivity contribution in [3.05, 3.63) is 42.8 Å². The normalized spacial score (nSPS) is 16.9. The van der Waals surface area contributed by atoms with Crippen LogP contribution < -0.4 is 10.9 Å². The van der Waals surface area contributed by atoms with E-state index in [-0.39, 0.29) is 17.7 Å².